The highest BCUT2D eigenvalue weighted by molar-refractivity contribution is 5.96. The van der Waals surface area contributed by atoms with Crippen LogP contribution in [0.1, 0.15) is 62.2 Å². The summed E-state index contributed by atoms with van der Waals surface area (Å²) in [6, 6.07) is 30.4. The third-order valence-electron chi connectivity index (χ3n) is 7.31. The molecule has 0 amide bonds. The Kier molecular flexibility index (Phi) is 10.6. The van der Waals surface area contributed by atoms with Gasteiger partial charge in [0.05, 0.1) is 34.1 Å². The van der Waals surface area contributed by atoms with E-state index in [-0.39, 0.29) is 5.78 Å². The summed E-state index contributed by atoms with van der Waals surface area (Å²) >= 11 is 0. The van der Waals surface area contributed by atoms with Crippen molar-refractivity contribution in [2.45, 2.75) is 51.9 Å². The topological polar surface area (TPSA) is 94.5 Å². The molecule has 218 valence electrons. The Hall–Kier alpha value is -4.85. The zero-order valence-electron chi connectivity index (χ0n) is 24.6. The van der Waals surface area contributed by atoms with Gasteiger partial charge in [-0.25, -0.2) is 0 Å². The van der Waals surface area contributed by atoms with E-state index >= 15 is 0 Å². The molecular weight excluding hydrogens is 534 g/mol. The molecule has 4 aromatic carbocycles. The maximum absolute atomic E-state index is 12.2. The van der Waals surface area contributed by atoms with E-state index in [1.54, 1.807) is 0 Å². The summed E-state index contributed by atoms with van der Waals surface area (Å²) in [6.07, 6.45) is 7.55. The van der Waals surface area contributed by atoms with Crippen molar-refractivity contribution >= 4 is 45.6 Å². The van der Waals surface area contributed by atoms with Gasteiger partial charge in [-0.1, -0.05) is 19.8 Å². The molecule has 5 rings (SSSR count). The molecule has 0 spiro atoms. The molecule has 0 N–H and O–H groups in total. The van der Waals surface area contributed by atoms with Crippen LogP contribution in [0.2, 0.25) is 0 Å². The lowest BCUT2D eigenvalue weighted by molar-refractivity contribution is 0.0979. The third kappa shape index (κ3) is 9.07. The van der Waals surface area contributed by atoms with Gasteiger partial charge in [0, 0.05) is 30.8 Å². The van der Waals surface area contributed by atoms with Gasteiger partial charge in [0.15, 0.2) is 5.78 Å². The van der Waals surface area contributed by atoms with Gasteiger partial charge in [-0.3, -0.25) is 4.79 Å². The third-order valence-corrected chi connectivity index (χ3v) is 7.31. The van der Waals surface area contributed by atoms with Gasteiger partial charge in [0.2, 0.25) is 0 Å². The van der Waals surface area contributed by atoms with E-state index in [2.05, 4.69) is 54.6 Å². The van der Waals surface area contributed by atoms with Crippen molar-refractivity contribution in [3.05, 3.63) is 103 Å². The minimum absolute atomic E-state index is 0.174. The van der Waals surface area contributed by atoms with Crippen LogP contribution in [0.25, 0.3) is 0 Å². The van der Waals surface area contributed by atoms with Crippen molar-refractivity contribution in [2.75, 3.05) is 18.0 Å². The van der Waals surface area contributed by atoms with Crippen LogP contribution in [0.5, 0.6) is 0 Å². The highest BCUT2D eigenvalue weighted by Crippen LogP contribution is 2.27. The molecule has 1 aliphatic rings. The van der Waals surface area contributed by atoms with E-state index in [1.807, 2.05) is 84.9 Å². The number of benzene rings is 4. The normalized spacial score (nSPS) is 13.8. The van der Waals surface area contributed by atoms with Gasteiger partial charge in [0.25, 0.3) is 0 Å². The molecule has 1 heterocycles. The summed E-state index contributed by atoms with van der Waals surface area (Å²) < 4.78 is 0. The van der Waals surface area contributed by atoms with Crippen LogP contribution in [0.3, 0.4) is 0 Å². The Bertz CT molecular complexity index is 1540. The van der Waals surface area contributed by atoms with Crippen molar-refractivity contribution in [2.24, 2.45) is 30.7 Å². The Morgan fingerprint density at radius 2 is 0.907 bits per heavy atom. The van der Waals surface area contributed by atoms with E-state index in [0.29, 0.717) is 23.5 Å². The first-order valence-electron chi connectivity index (χ1n) is 15.1. The second-order valence-electron chi connectivity index (χ2n) is 10.6. The standard InChI is InChI=1S/C35H37N7O/c1-2-3-5-8-35(43)27-9-11-28(12-10-27)36-37-29-13-15-30(16-14-29)38-39-31-17-19-32(20-18-31)40-41-33-21-23-34(24-22-33)42-25-6-4-7-26-42/h9-24H,2-8,25-26H2,1H3. The molecule has 1 aliphatic heterocycles. The van der Waals surface area contributed by atoms with E-state index < -0.39 is 0 Å². The first kappa shape index (κ1) is 29.6. The number of hydrogen-bond acceptors (Lipinski definition) is 8. The lowest BCUT2D eigenvalue weighted by Gasteiger charge is -2.28. The molecule has 8 heteroatoms. The zero-order chi connectivity index (χ0) is 29.7. The first-order valence-corrected chi connectivity index (χ1v) is 15.1. The van der Waals surface area contributed by atoms with Crippen LogP contribution in [-0.4, -0.2) is 18.9 Å². The Labute approximate surface area is 253 Å². The zero-order valence-corrected chi connectivity index (χ0v) is 24.6. The van der Waals surface area contributed by atoms with Crippen LogP contribution < -0.4 is 4.90 Å². The number of carbonyl (C=O) groups excluding carboxylic acids is 1. The minimum atomic E-state index is 0.174. The van der Waals surface area contributed by atoms with Crippen LogP contribution >= 0.6 is 0 Å². The lowest BCUT2D eigenvalue weighted by Crippen LogP contribution is -2.29. The van der Waals surface area contributed by atoms with Gasteiger partial charge >= 0.3 is 0 Å². The average molecular weight is 572 g/mol. The largest absolute Gasteiger partial charge is 0.372 e. The summed E-state index contributed by atoms with van der Waals surface area (Å²) in [4.78, 5) is 14.7. The number of azo groups is 3. The molecule has 0 aliphatic carbocycles. The van der Waals surface area contributed by atoms with Crippen LogP contribution in [0.4, 0.5) is 39.8 Å². The van der Waals surface area contributed by atoms with Crippen molar-refractivity contribution in [3.8, 4) is 0 Å². The van der Waals surface area contributed by atoms with E-state index in [1.165, 1.54) is 24.9 Å². The van der Waals surface area contributed by atoms with Crippen LogP contribution in [-0.2, 0) is 0 Å². The maximum atomic E-state index is 12.2. The highest BCUT2D eigenvalue weighted by atomic mass is 16.1. The average Bonchev–Trinajstić information content (AvgIpc) is 3.07. The molecule has 4 aromatic rings. The Morgan fingerprint density at radius 1 is 0.535 bits per heavy atom. The maximum Gasteiger partial charge on any atom is 0.162 e. The predicted molar refractivity (Wildman–Crippen MR) is 173 cm³/mol. The molecule has 43 heavy (non-hydrogen) atoms. The molecule has 8 nitrogen and oxygen atoms in total. The minimum Gasteiger partial charge on any atom is -0.372 e. The predicted octanol–water partition coefficient (Wildman–Crippen LogP) is 11.7. The van der Waals surface area contributed by atoms with Crippen molar-refractivity contribution < 1.29 is 4.79 Å². The summed E-state index contributed by atoms with van der Waals surface area (Å²) in [5, 5.41) is 26.0. The Balaban J connectivity index is 1.10. The van der Waals surface area contributed by atoms with E-state index in [9.17, 15) is 4.79 Å². The molecule has 0 saturated carbocycles. The Morgan fingerprint density at radius 3 is 1.30 bits per heavy atom. The summed E-state index contributed by atoms with van der Waals surface area (Å²) in [5.41, 5.74) is 6.38. The van der Waals surface area contributed by atoms with Gasteiger partial charge in [-0.2, -0.15) is 30.7 Å². The quantitative estimate of drug-likeness (QED) is 0.0960. The number of unbranched alkanes of at least 4 members (excludes halogenated alkanes) is 2. The second kappa shape index (κ2) is 15.4. The van der Waals surface area contributed by atoms with E-state index in [0.717, 1.165) is 55.0 Å². The summed E-state index contributed by atoms with van der Waals surface area (Å²) in [5.74, 6) is 0.174. The first-order chi connectivity index (χ1) is 21.2. The van der Waals surface area contributed by atoms with Gasteiger partial charge in [-0.05, 0) is 123 Å². The van der Waals surface area contributed by atoms with Crippen LogP contribution in [0, 0.1) is 0 Å². The fourth-order valence-corrected chi connectivity index (χ4v) is 4.79. The monoisotopic (exact) mass is 571 g/mol. The second-order valence-corrected chi connectivity index (χ2v) is 10.6. The molecule has 0 radical (unpaired) electrons. The molecule has 0 bridgehead atoms. The van der Waals surface area contributed by atoms with E-state index in [4.69, 9.17) is 0 Å². The number of anilines is 1. The molecular formula is C35H37N7O. The number of Topliss-reactive ketones (excluding diaryl/α,β-unsaturated/α-hetero) is 1. The number of ketones is 1. The van der Waals surface area contributed by atoms with Gasteiger partial charge < -0.3 is 4.90 Å². The molecule has 0 aromatic heterocycles. The van der Waals surface area contributed by atoms with Gasteiger partial charge in [0.1, 0.15) is 0 Å². The van der Waals surface area contributed by atoms with Gasteiger partial charge in [-0.15, -0.1) is 0 Å². The highest BCUT2D eigenvalue weighted by Gasteiger charge is 2.10. The fraction of sp³-hybridized carbons (Fsp3) is 0.286. The molecule has 0 atom stereocenters. The number of rotatable bonds is 12. The van der Waals surface area contributed by atoms with Crippen LogP contribution in [0.15, 0.2) is 128 Å². The van der Waals surface area contributed by atoms with Crippen molar-refractivity contribution in [1.82, 2.24) is 0 Å². The summed E-state index contributed by atoms with van der Waals surface area (Å²) in [6.45, 7) is 4.39. The smallest absolute Gasteiger partial charge is 0.162 e. The lowest BCUT2D eigenvalue weighted by atomic mass is 10.0. The molecule has 0 unspecified atom stereocenters. The number of piperidine rings is 1. The van der Waals surface area contributed by atoms with Crippen molar-refractivity contribution in [1.29, 1.82) is 0 Å². The SMILES string of the molecule is CCCCCC(=O)c1ccc(N=Nc2ccc(N=Nc3ccc(N=Nc4ccc(N5CCCCC5)cc4)cc3)cc2)cc1. The fourth-order valence-electron chi connectivity index (χ4n) is 4.79. The molecule has 1 saturated heterocycles. The number of hydrogen-bond donors (Lipinski definition) is 0. The number of carbonyl (C=O) groups is 1. The summed E-state index contributed by atoms with van der Waals surface area (Å²) in [7, 11) is 0. The molecule has 1 fully saturated rings. The van der Waals surface area contributed by atoms with Crippen molar-refractivity contribution in [3.63, 3.8) is 0 Å². The number of nitrogens with zero attached hydrogens (tertiary/aromatic N) is 7.